The van der Waals surface area contributed by atoms with Gasteiger partial charge in [-0.3, -0.25) is 4.79 Å². The van der Waals surface area contributed by atoms with E-state index < -0.39 is 0 Å². The molecule has 2 aliphatic rings. The van der Waals surface area contributed by atoms with Crippen LogP contribution in [0.1, 0.15) is 27.8 Å². The number of nitrogens with zero attached hydrogens (tertiary/aromatic N) is 2. The first-order valence-electron chi connectivity index (χ1n) is 8.12. The maximum atomic E-state index is 13.0. The van der Waals surface area contributed by atoms with E-state index in [9.17, 15) is 9.90 Å². The second kappa shape index (κ2) is 4.54. The molecular weight excluding hydrogens is 302 g/mol. The summed E-state index contributed by atoms with van der Waals surface area (Å²) in [7, 11) is 1.98. The van der Waals surface area contributed by atoms with Crippen LogP contribution in [0, 0.1) is 0 Å². The second-order valence-corrected chi connectivity index (χ2v) is 6.47. The third-order valence-electron chi connectivity index (χ3n) is 5.24. The number of rotatable bonds is 0. The first kappa shape index (κ1) is 13.5. The summed E-state index contributed by atoms with van der Waals surface area (Å²) < 4.78 is 0. The molecule has 0 saturated heterocycles. The van der Waals surface area contributed by atoms with E-state index in [1.54, 1.807) is 12.1 Å². The summed E-state index contributed by atoms with van der Waals surface area (Å²) in [6, 6.07) is 13.5. The summed E-state index contributed by atoms with van der Waals surface area (Å²) in [6.07, 6.45) is 0.654. The monoisotopic (exact) mass is 319 g/mol. The molecule has 0 saturated carbocycles. The molecular formula is C19H17N3O2. The second-order valence-electron chi connectivity index (χ2n) is 6.47. The Bertz CT molecular complexity index is 991. The van der Waals surface area contributed by atoms with E-state index in [1.807, 2.05) is 30.1 Å². The van der Waals surface area contributed by atoms with Crippen molar-refractivity contribution in [3.05, 3.63) is 59.3 Å². The van der Waals surface area contributed by atoms with Crippen molar-refractivity contribution in [3.8, 4) is 5.75 Å². The van der Waals surface area contributed by atoms with Crippen LogP contribution in [0.3, 0.4) is 0 Å². The average molecular weight is 319 g/mol. The van der Waals surface area contributed by atoms with Gasteiger partial charge in [0.1, 0.15) is 17.5 Å². The van der Waals surface area contributed by atoms with Crippen LogP contribution in [0.2, 0.25) is 0 Å². The van der Waals surface area contributed by atoms with Gasteiger partial charge >= 0.3 is 0 Å². The van der Waals surface area contributed by atoms with Crippen molar-refractivity contribution in [3.63, 3.8) is 0 Å². The molecule has 24 heavy (non-hydrogen) atoms. The van der Waals surface area contributed by atoms with Crippen LogP contribution in [-0.2, 0) is 6.42 Å². The Morgan fingerprint density at radius 2 is 2.00 bits per heavy atom. The maximum Gasteiger partial charge on any atom is 0.261 e. The van der Waals surface area contributed by atoms with Crippen LogP contribution < -0.4 is 4.90 Å². The van der Waals surface area contributed by atoms with Gasteiger partial charge in [0.05, 0.1) is 11.4 Å². The van der Waals surface area contributed by atoms with Crippen LogP contribution in [0.25, 0.3) is 10.9 Å². The number of aromatic amines is 1. The molecule has 0 aliphatic carbocycles. The van der Waals surface area contributed by atoms with Crippen LogP contribution in [0.4, 0.5) is 5.69 Å². The number of H-pyrrole nitrogens is 1. The van der Waals surface area contributed by atoms with E-state index in [-0.39, 0.29) is 17.8 Å². The van der Waals surface area contributed by atoms with Crippen molar-refractivity contribution in [2.24, 2.45) is 0 Å². The Kier molecular flexibility index (Phi) is 2.55. The Morgan fingerprint density at radius 1 is 1.17 bits per heavy atom. The average Bonchev–Trinajstić information content (AvgIpc) is 2.97. The zero-order chi connectivity index (χ0) is 16.4. The molecule has 2 aromatic carbocycles. The predicted molar refractivity (Wildman–Crippen MR) is 92.3 cm³/mol. The molecule has 5 nitrogen and oxygen atoms in total. The number of amides is 1. The molecule has 0 radical (unpaired) electrons. The summed E-state index contributed by atoms with van der Waals surface area (Å²) in [6.45, 7) is 0.649. The van der Waals surface area contributed by atoms with Gasteiger partial charge in [0.15, 0.2) is 0 Å². The Morgan fingerprint density at radius 3 is 2.88 bits per heavy atom. The quantitative estimate of drug-likeness (QED) is 0.669. The first-order chi connectivity index (χ1) is 11.7. The molecule has 1 amide bonds. The summed E-state index contributed by atoms with van der Waals surface area (Å²) in [5.41, 5.74) is 4.64. The van der Waals surface area contributed by atoms with Crippen molar-refractivity contribution in [2.75, 3.05) is 18.5 Å². The predicted octanol–water partition coefficient (Wildman–Crippen LogP) is 3.02. The number of phenolic OH excluding ortho intramolecular Hbond substituents is 1. The molecule has 0 fully saturated rings. The van der Waals surface area contributed by atoms with E-state index in [0.717, 1.165) is 23.3 Å². The number of nitrogens with one attached hydrogen (secondary N) is 1. The first-order valence-corrected chi connectivity index (χ1v) is 8.12. The largest absolute Gasteiger partial charge is 0.507 e. The van der Waals surface area contributed by atoms with E-state index >= 15 is 0 Å². The number of para-hydroxylation sites is 1. The van der Waals surface area contributed by atoms with Crippen LogP contribution in [-0.4, -0.2) is 34.5 Å². The normalized spacial score (nSPS) is 19.2. The highest BCUT2D eigenvalue weighted by atomic mass is 16.3. The van der Waals surface area contributed by atoms with Gasteiger partial charge in [-0.2, -0.15) is 0 Å². The lowest BCUT2D eigenvalue weighted by Gasteiger charge is -2.46. The van der Waals surface area contributed by atoms with E-state index in [1.165, 1.54) is 10.9 Å². The Labute approximate surface area is 139 Å². The van der Waals surface area contributed by atoms with Gasteiger partial charge < -0.3 is 19.9 Å². The number of aromatic nitrogens is 1. The summed E-state index contributed by atoms with van der Waals surface area (Å²) in [5.74, 6) is -0.0549. The molecule has 0 spiro atoms. The van der Waals surface area contributed by atoms with E-state index in [4.69, 9.17) is 0 Å². The number of phenols is 1. The van der Waals surface area contributed by atoms with Gasteiger partial charge in [-0.25, -0.2) is 0 Å². The number of fused-ring (bicyclic) bond motifs is 6. The summed E-state index contributed by atoms with van der Waals surface area (Å²) in [4.78, 5) is 20.4. The van der Waals surface area contributed by atoms with Gasteiger partial charge in [0, 0.05) is 24.5 Å². The highest BCUT2D eigenvalue weighted by Gasteiger charge is 2.42. The Balaban J connectivity index is 1.75. The zero-order valence-electron chi connectivity index (χ0n) is 13.3. The van der Waals surface area contributed by atoms with Gasteiger partial charge in [0.2, 0.25) is 0 Å². The van der Waals surface area contributed by atoms with Gasteiger partial charge in [0.25, 0.3) is 5.91 Å². The highest BCUT2D eigenvalue weighted by molar-refractivity contribution is 6.05. The fraction of sp³-hybridized carbons (Fsp3) is 0.211. The zero-order valence-corrected chi connectivity index (χ0v) is 13.3. The standard InChI is InChI=1S/C19H17N3O2/c1-21-14-7-4-8-15(23)16(14)19(24)22-10-9-12-11-5-2-3-6-13(11)20-17(12)18(21)22/h2-8,18,20,23H,9-10H2,1H3/t18-/m1/s1. The van der Waals surface area contributed by atoms with Crippen LogP contribution in [0.5, 0.6) is 5.75 Å². The number of hydrogen-bond donors (Lipinski definition) is 2. The Hall–Kier alpha value is -2.95. The molecule has 2 aliphatic heterocycles. The van der Waals surface area contributed by atoms with Gasteiger partial charge in [-0.15, -0.1) is 0 Å². The molecule has 0 unspecified atom stereocenters. The molecule has 1 aromatic heterocycles. The number of carbonyl (C=O) groups excluding carboxylic acids is 1. The van der Waals surface area contributed by atoms with Crippen molar-refractivity contribution in [1.29, 1.82) is 0 Å². The van der Waals surface area contributed by atoms with Crippen molar-refractivity contribution in [2.45, 2.75) is 12.6 Å². The molecule has 5 rings (SSSR count). The minimum absolute atomic E-state index is 0.0465. The highest BCUT2D eigenvalue weighted by Crippen LogP contribution is 2.44. The van der Waals surface area contributed by atoms with E-state index in [2.05, 4.69) is 22.0 Å². The minimum Gasteiger partial charge on any atom is -0.507 e. The molecule has 0 bridgehead atoms. The topological polar surface area (TPSA) is 59.6 Å². The van der Waals surface area contributed by atoms with Crippen molar-refractivity contribution < 1.29 is 9.90 Å². The third-order valence-corrected chi connectivity index (χ3v) is 5.24. The molecule has 5 heteroatoms. The number of benzene rings is 2. The number of carbonyl (C=O) groups is 1. The van der Waals surface area contributed by atoms with E-state index in [0.29, 0.717) is 12.1 Å². The molecule has 120 valence electrons. The van der Waals surface area contributed by atoms with Crippen LogP contribution in [0.15, 0.2) is 42.5 Å². The minimum atomic E-state index is -0.164. The maximum absolute atomic E-state index is 13.0. The lowest BCUT2D eigenvalue weighted by Crippen LogP contribution is -2.51. The van der Waals surface area contributed by atoms with Crippen molar-refractivity contribution in [1.82, 2.24) is 9.88 Å². The number of aromatic hydroxyl groups is 1. The number of hydrogen-bond acceptors (Lipinski definition) is 3. The fourth-order valence-electron chi connectivity index (χ4n) is 4.15. The molecule has 1 atom stereocenters. The lowest BCUT2D eigenvalue weighted by atomic mass is 9.96. The SMILES string of the molecule is CN1c2cccc(O)c2C(=O)N2CCc3c([nH]c4ccccc34)[C@@H]21. The van der Waals surface area contributed by atoms with Crippen LogP contribution >= 0.6 is 0 Å². The molecule has 3 heterocycles. The lowest BCUT2D eigenvalue weighted by molar-refractivity contribution is 0.0631. The third kappa shape index (κ3) is 1.56. The van der Waals surface area contributed by atoms with Gasteiger partial charge in [-0.1, -0.05) is 24.3 Å². The van der Waals surface area contributed by atoms with Crippen molar-refractivity contribution >= 4 is 22.5 Å². The fourth-order valence-corrected chi connectivity index (χ4v) is 4.15. The molecule has 2 N–H and O–H groups in total. The summed E-state index contributed by atoms with van der Waals surface area (Å²) >= 11 is 0. The summed E-state index contributed by atoms with van der Waals surface area (Å²) in [5, 5.41) is 11.4. The molecule has 3 aromatic rings. The van der Waals surface area contributed by atoms with Gasteiger partial charge in [-0.05, 0) is 30.2 Å². The number of anilines is 1. The smallest absolute Gasteiger partial charge is 0.261 e.